The van der Waals surface area contributed by atoms with Crippen molar-refractivity contribution in [2.24, 2.45) is 11.8 Å². The Kier molecular flexibility index (Phi) is 7.67. The maximum absolute atomic E-state index is 14.5. The van der Waals surface area contributed by atoms with E-state index in [1.807, 2.05) is 26.0 Å². The van der Waals surface area contributed by atoms with Crippen LogP contribution >= 0.6 is 0 Å². The molecular formula is C29H30F4N6O2. The van der Waals surface area contributed by atoms with Crippen LogP contribution in [0.1, 0.15) is 73.3 Å². The maximum atomic E-state index is 14.5. The molecule has 0 amide bonds. The predicted molar refractivity (Wildman–Crippen MR) is 145 cm³/mol. The van der Waals surface area contributed by atoms with Gasteiger partial charge in [0.25, 0.3) is 0 Å². The van der Waals surface area contributed by atoms with Crippen molar-refractivity contribution in [1.82, 2.24) is 24.5 Å². The second kappa shape index (κ2) is 11.1. The van der Waals surface area contributed by atoms with Crippen molar-refractivity contribution in [3.8, 4) is 11.5 Å². The molecule has 0 saturated heterocycles. The first-order valence-corrected chi connectivity index (χ1v) is 13.5. The fraction of sp³-hybridized carbons (Fsp3) is 0.414. The lowest BCUT2D eigenvalue weighted by Gasteiger charge is -2.31. The van der Waals surface area contributed by atoms with Crippen molar-refractivity contribution < 1.29 is 27.5 Å². The van der Waals surface area contributed by atoms with Crippen molar-refractivity contribution in [3.05, 3.63) is 64.9 Å². The fourth-order valence-corrected chi connectivity index (χ4v) is 5.04. The minimum absolute atomic E-state index is 0.0790. The van der Waals surface area contributed by atoms with Crippen molar-refractivity contribution in [3.63, 3.8) is 0 Å². The van der Waals surface area contributed by atoms with Gasteiger partial charge in [-0.25, -0.2) is 24.1 Å². The number of carbonyl (C=O) groups is 1. The number of nitrogens with zero attached hydrogens (tertiary/aromatic N) is 5. The Morgan fingerprint density at radius 1 is 1.12 bits per heavy atom. The van der Waals surface area contributed by atoms with E-state index in [1.54, 1.807) is 10.8 Å². The number of benzene rings is 1. The molecule has 2 N–H and O–H groups in total. The van der Waals surface area contributed by atoms with Crippen LogP contribution < -0.4 is 5.32 Å². The summed E-state index contributed by atoms with van der Waals surface area (Å²) in [6.45, 7) is 6.58. The molecule has 3 aromatic heterocycles. The minimum Gasteiger partial charge on any atom is -0.475 e. The zero-order chi connectivity index (χ0) is 29.5. The van der Waals surface area contributed by atoms with E-state index in [4.69, 9.17) is 0 Å². The third kappa shape index (κ3) is 5.86. The van der Waals surface area contributed by atoms with Crippen LogP contribution in [-0.2, 0) is 12.7 Å². The van der Waals surface area contributed by atoms with Crippen LogP contribution in [0.5, 0.6) is 0 Å². The number of carboxylic acids is 1. The van der Waals surface area contributed by atoms with Gasteiger partial charge in [-0.05, 0) is 53.1 Å². The number of rotatable bonds is 9. The monoisotopic (exact) mass is 570 g/mol. The Labute approximate surface area is 233 Å². The van der Waals surface area contributed by atoms with Gasteiger partial charge in [0, 0.05) is 12.7 Å². The summed E-state index contributed by atoms with van der Waals surface area (Å²) in [6.07, 6.45) is 0.230. The molecule has 5 rings (SSSR count). The lowest BCUT2D eigenvalue weighted by Crippen LogP contribution is -2.26. The van der Waals surface area contributed by atoms with Gasteiger partial charge in [-0.3, -0.25) is 4.98 Å². The highest BCUT2D eigenvalue weighted by atomic mass is 19.4. The molecule has 1 fully saturated rings. The van der Waals surface area contributed by atoms with Gasteiger partial charge in [0.2, 0.25) is 5.82 Å². The summed E-state index contributed by atoms with van der Waals surface area (Å²) in [5.41, 5.74) is 0.738. The Bertz CT molecular complexity index is 1600. The number of anilines is 1. The van der Waals surface area contributed by atoms with E-state index in [-0.39, 0.29) is 29.5 Å². The van der Waals surface area contributed by atoms with E-state index < -0.39 is 29.4 Å². The van der Waals surface area contributed by atoms with Crippen LogP contribution in [0, 0.1) is 17.7 Å². The minimum atomic E-state index is -4.83. The SMILES string of the molecule is CC(C)c1ccnc(-c2nc3nc(C(=O)O)nc(NC[C@H](C)C4CCC4)c3n2Cc2ccc(C(F)(F)F)c(F)c2)c1. The summed E-state index contributed by atoms with van der Waals surface area (Å²) >= 11 is 0. The highest BCUT2D eigenvalue weighted by Gasteiger charge is 2.34. The molecule has 0 radical (unpaired) electrons. The molecular weight excluding hydrogens is 540 g/mol. The van der Waals surface area contributed by atoms with Gasteiger partial charge in [0.1, 0.15) is 17.0 Å². The van der Waals surface area contributed by atoms with Gasteiger partial charge in [0.15, 0.2) is 17.3 Å². The molecule has 216 valence electrons. The van der Waals surface area contributed by atoms with Crippen molar-refractivity contribution in [2.75, 3.05) is 11.9 Å². The molecule has 8 nitrogen and oxygen atoms in total. The molecule has 0 aliphatic heterocycles. The third-order valence-corrected chi connectivity index (χ3v) is 7.70. The average molecular weight is 571 g/mol. The maximum Gasteiger partial charge on any atom is 0.419 e. The second-order valence-corrected chi connectivity index (χ2v) is 10.9. The normalized spacial score (nSPS) is 14.8. The number of nitrogens with one attached hydrogen (secondary N) is 1. The lowest BCUT2D eigenvalue weighted by atomic mass is 9.77. The molecule has 1 aliphatic carbocycles. The number of alkyl halides is 3. The zero-order valence-electron chi connectivity index (χ0n) is 22.8. The van der Waals surface area contributed by atoms with Crippen molar-refractivity contribution in [2.45, 2.75) is 58.7 Å². The quantitative estimate of drug-likeness (QED) is 0.214. The fourth-order valence-electron chi connectivity index (χ4n) is 5.04. The van der Waals surface area contributed by atoms with Gasteiger partial charge in [-0.2, -0.15) is 13.2 Å². The molecule has 0 unspecified atom stereocenters. The third-order valence-electron chi connectivity index (χ3n) is 7.70. The smallest absolute Gasteiger partial charge is 0.419 e. The molecule has 1 saturated carbocycles. The van der Waals surface area contributed by atoms with E-state index in [0.717, 1.165) is 24.5 Å². The zero-order valence-corrected chi connectivity index (χ0v) is 22.8. The Hall–Kier alpha value is -4.09. The van der Waals surface area contributed by atoms with Crippen LogP contribution in [0.4, 0.5) is 23.4 Å². The number of carboxylic acid groups (broad SMARTS) is 1. The highest BCUT2D eigenvalue weighted by molar-refractivity contribution is 5.92. The summed E-state index contributed by atoms with van der Waals surface area (Å²) in [5.74, 6) is -1.62. The number of halogens is 4. The van der Waals surface area contributed by atoms with Gasteiger partial charge >= 0.3 is 12.1 Å². The predicted octanol–water partition coefficient (Wildman–Crippen LogP) is 6.76. The molecule has 0 spiro atoms. The molecule has 1 atom stereocenters. The first-order chi connectivity index (χ1) is 19.4. The molecule has 0 bridgehead atoms. The van der Waals surface area contributed by atoms with Crippen molar-refractivity contribution in [1.29, 1.82) is 0 Å². The van der Waals surface area contributed by atoms with Gasteiger partial charge < -0.3 is 15.0 Å². The Morgan fingerprint density at radius 3 is 2.49 bits per heavy atom. The number of aromatic carboxylic acids is 1. The first-order valence-electron chi connectivity index (χ1n) is 13.5. The summed E-state index contributed by atoms with van der Waals surface area (Å²) in [5, 5.41) is 13.0. The second-order valence-electron chi connectivity index (χ2n) is 10.9. The number of aromatic nitrogens is 5. The molecule has 41 heavy (non-hydrogen) atoms. The van der Waals surface area contributed by atoms with Crippen LogP contribution in [0.25, 0.3) is 22.7 Å². The van der Waals surface area contributed by atoms with Crippen LogP contribution in [0.15, 0.2) is 36.5 Å². The number of hydrogen-bond donors (Lipinski definition) is 2. The molecule has 12 heteroatoms. The van der Waals surface area contributed by atoms with E-state index in [9.17, 15) is 27.5 Å². The Morgan fingerprint density at radius 2 is 1.88 bits per heavy atom. The van der Waals surface area contributed by atoms with E-state index in [1.165, 1.54) is 12.5 Å². The number of imidazole rings is 1. The summed E-state index contributed by atoms with van der Waals surface area (Å²) < 4.78 is 55.8. The van der Waals surface area contributed by atoms with E-state index >= 15 is 0 Å². The molecule has 3 heterocycles. The summed E-state index contributed by atoms with van der Waals surface area (Å²) in [4.78, 5) is 29.4. The lowest BCUT2D eigenvalue weighted by molar-refractivity contribution is -0.140. The van der Waals surface area contributed by atoms with Crippen LogP contribution in [0.3, 0.4) is 0 Å². The molecule has 4 aromatic rings. The van der Waals surface area contributed by atoms with Crippen LogP contribution in [-0.4, -0.2) is 42.1 Å². The Balaban J connectivity index is 1.67. The number of pyridine rings is 1. The van der Waals surface area contributed by atoms with Crippen molar-refractivity contribution >= 4 is 23.0 Å². The van der Waals surface area contributed by atoms with Gasteiger partial charge in [0.05, 0.1) is 12.1 Å². The van der Waals surface area contributed by atoms with Gasteiger partial charge in [-0.1, -0.05) is 46.1 Å². The van der Waals surface area contributed by atoms with Gasteiger partial charge in [-0.15, -0.1) is 0 Å². The standard InChI is InChI=1S/C29H30F4N6O2/c1-15(2)19-9-10-34-22(12-19)27-38-25-23(39(27)14-17-7-8-20(21(30)11-17)29(31,32)33)24(36-26(37-25)28(40)41)35-13-16(3)18-5-4-6-18/h7-12,15-16,18H,4-6,13-14H2,1-3H3,(H,40,41)(H,35,36,37)/t16-/m0/s1. The first kappa shape index (κ1) is 28.4. The average Bonchev–Trinajstić information content (AvgIpc) is 3.23. The van der Waals surface area contributed by atoms with E-state index in [0.29, 0.717) is 41.5 Å². The highest BCUT2D eigenvalue weighted by Crippen LogP contribution is 2.35. The largest absolute Gasteiger partial charge is 0.475 e. The van der Waals surface area contributed by atoms with Crippen LogP contribution in [0.2, 0.25) is 0 Å². The number of hydrogen-bond acceptors (Lipinski definition) is 6. The summed E-state index contributed by atoms with van der Waals surface area (Å²) in [6, 6.07) is 6.46. The molecule has 1 aliphatic rings. The topological polar surface area (TPSA) is 106 Å². The summed E-state index contributed by atoms with van der Waals surface area (Å²) in [7, 11) is 0. The molecule has 1 aromatic carbocycles. The number of fused-ring (bicyclic) bond motifs is 1. The van der Waals surface area contributed by atoms with E-state index in [2.05, 4.69) is 32.2 Å².